The number of aromatic nitrogens is 2. The maximum absolute atomic E-state index is 4.66. The quantitative estimate of drug-likeness (QED) is 0.780. The van der Waals surface area contributed by atoms with E-state index in [4.69, 9.17) is 0 Å². The molecular weight excluding hydrogens is 274 g/mol. The number of hydrogen-bond donors (Lipinski definition) is 0. The van der Waals surface area contributed by atoms with Crippen molar-refractivity contribution >= 4 is 32.6 Å². The van der Waals surface area contributed by atoms with Crippen molar-refractivity contribution in [1.29, 1.82) is 0 Å². The Morgan fingerprint density at radius 1 is 1.33 bits per heavy atom. The molecule has 0 radical (unpaired) electrons. The molecule has 15 heavy (non-hydrogen) atoms. The van der Waals surface area contributed by atoms with Gasteiger partial charge < -0.3 is 4.90 Å². The molecule has 5 heteroatoms. The zero-order valence-corrected chi connectivity index (χ0v) is 10.9. The Morgan fingerprint density at radius 2 is 2.13 bits per heavy atom. The fourth-order valence-corrected chi connectivity index (χ4v) is 2.99. The first kappa shape index (κ1) is 10.0. The number of rotatable bonds is 5. The molecule has 3 nitrogen and oxygen atoms in total. The molecular formula is C10H14BrN3S. The van der Waals surface area contributed by atoms with Gasteiger partial charge in [-0.2, -0.15) is 4.37 Å². The monoisotopic (exact) mass is 287 g/mol. The van der Waals surface area contributed by atoms with E-state index in [2.05, 4.69) is 30.2 Å². The van der Waals surface area contributed by atoms with Crippen molar-refractivity contribution in [2.24, 2.45) is 0 Å². The first-order chi connectivity index (χ1) is 7.38. The number of nitrogens with zero attached hydrogens (tertiary/aromatic N) is 3. The molecule has 0 N–H and O–H groups in total. The van der Waals surface area contributed by atoms with Gasteiger partial charge >= 0.3 is 0 Å². The second kappa shape index (κ2) is 4.01. The third kappa shape index (κ3) is 2.18. The molecule has 1 heterocycles. The van der Waals surface area contributed by atoms with E-state index in [1.807, 2.05) is 0 Å². The minimum atomic E-state index is 0.681. The van der Waals surface area contributed by atoms with Gasteiger partial charge in [0.25, 0.3) is 0 Å². The molecule has 0 atom stereocenters. The molecule has 0 aromatic carbocycles. The Balaban J connectivity index is 1.75. The molecule has 0 bridgehead atoms. The van der Waals surface area contributed by atoms with Gasteiger partial charge in [0.1, 0.15) is 5.82 Å². The predicted octanol–water partition coefficient (Wildman–Crippen LogP) is 2.78. The van der Waals surface area contributed by atoms with E-state index < -0.39 is 0 Å². The third-order valence-electron chi connectivity index (χ3n) is 2.93. The molecule has 0 spiro atoms. The molecule has 1 aromatic heterocycles. The van der Waals surface area contributed by atoms with Crippen LogP contribution in [0.5, 0.6) is 0 Å². The lowest BCUT2D eigenvalue weighted by molar-refractivity contribution is 0.821. The molecule has 0 aliphatic heterocycles. The largest absolute Gasteiger partial charge is 0.343 e. The average Bonchev–Trinajstić information content (AvgIpc) is 3.13. The molecule has 2 aliphatic rings. The lowest BCUT2D eigenvalue weighted by Crippen LogP contribution is -2.27. The fraction of sp³-hybridized carbons (Fsp3) is 0.800. The second-order valence-corrected chi connectivity index (χ2v) is 5.85. The van der Waals surface area contributed by atoms with Crippen molar-refractivity contribution in [2.45, 2.75) is 37.6 Å². The number of halogens is 1. The molecule has 2 saturated carbocycles. The molecule has 0 saturated heterocycles. The van der Waals surface area contributed by atoms with Crippen LogP contribution in [-0.4, -0.2) is 27.3 Å². The third-order valence-corrected chi connectivity index (χ3v) is 4.05. The Morgan fingerprint density at radius 3 is 2.73 bits per heavy atom. The van der Waals surface area contributed by atoms with Gasteiger partial charge in [-0.05, 0) is 25.7 Å². The van der Waals surface area contributed by atoms with Gasteiger partial charge in [0.05, 0.1) is 0 Å². The molecule has 0 amide bonds. The molecule has 2 fully saturated rings. The van der Waals surface area contributed by atoms with Gasteiger partial charge in [-0.15, -0.1) is 0 Å². The van der Waals surface area contributed by atoms with Crippen molar-refractivity contribution in [2.75, 3.05) is 16.8 Å². The number of anilines is 1. The lowest BCUT2D eigenvalue weighted by Gasteiger charge is -2.19. The summed E-state index contributed by atoms with van der Waals surface area (Å²) in [5.41, 5.74) is 0. The minimum absolute atomic E-state index is 0.681. The highest BCUT2D eigenvalue weighted by atomic mass is 79.9. The van der Waals surface area contributed by atoms with Crippen LogP contribution in [0.1, 0.15) is 37.4 Å². The van der Waals surface area contributed by atoms with Crippen LogP contribution in [0.15, 0.2) is 0 Å². The van der Waals surface area contributed by atoms with Crippen LogP contribution in [0.25, 0.3) is 0 Å². The van der Waals surface area contributed by atoms with Gasteiger partial charge in [-0.1, -0.05) is 15.9 Å². The van der Waals surface area contributed by atoms with E-state index in [0.29, 0.717) is 5.92 Å². The van der Waals surface area contributed by atoms with E-state index in [1.165, 1.54) is 25.7 Å². The zero-order valence-electron chi connectivity index (χ0n) is 8.53. The molecule has 82 valence electrons. The standard InChI is InChI=1S/C10H14BrN3S/c11-5-6-14(8-3-4-8)10-12-9(13-15-10)7-1-2-7/h7-8H,1-6H2. The fourth-order valence-electron chi connectivity index (χ4n) is 1.76. The van der Waals surface area contributed by atoms with Crippen LogP contribution in [0, 0.1) is 0 Å². The minimum Gasteiger partial charge on any atom is -0.343 e. The summed E-state index contributed by atoms with van der Waals surface area (Å²) in [5.74, 6) is 1.77. The van der Waals surface area contributed by atoms with E-state index in [-0.39, 0.29) is 0 Å². The highest BCUT2D eigenvalue weighted by Crippen LogP contribution is 2.41. The van der Waals surface area contributed by atoms with Crippen molar-refractivity contribution < 1.29 is 0 Å². The summed E-state index contributed by atoms with van der Waals surface area (Å²) >= 11 is 5.08. The second-order valence-electron chi connectivity index (χ2n) is 4.32. The molecule has 2 aliphatic carbocycles. The van der Waals surface area contributed by atoms with Gasteiger partial charge in [0, 0.05) is 35.4 Å². The van der Waals surface area contributed by atoms with Crippen molar-refractivity contribution in [1.82, 2.24) is 9.36 Å². The topological polar surface area (TPSA) is 29.0 Å². The van der Waals surface area contributed by atoms with Crippen molar-refractivity contribution in [3.63, 3.8) is 0 Å². The van der Waals surface area contributed by atoms with Crippen LogP contribution >= 0.6 is 27.5 Å². The van der Waals surface area contributed by atoms with Gasteiger partial charge in [0.15, 0.2) is 0 Å². The van der Waals surface area contributed by atoms with Crippen LogP contribution in [0.2, 0.25) is 0 Å². The van der Waals surface area contributed by atoms with Crippen LogP contribution in [0.3, 0.4) is 0 Å². The summed E-state index contributed by atoms with van der Waals surface area (Å²) in [6, 6.07) is 0.738. The summed E-state index contributed by atoms with van der Waals surface area (Å²) in [6.45, 7) is 1.06. The maximum atomic E-state index is 4.66. The van der Waals surface area contributed by atoms with Crippen LogP contribution in [0.4, 0.5) is 5.13 Å². The first-order valence-corrected chi connectivity index (χ1v) is 7.44. The summed E-state index contributed by atoms with van der Waals surface area (Å²) in [6.07, 6.45) is 5.23. The Bertz CT molecular complexity index is 346. The lowest BCUT2D eigenvalue weighted by atomic mass is 10.4. The van der Waals surface area contributed by atoms with Gasteiger partial charge in [0.2, 0.25) is 5.13 Å². The van der Waals surface area contributed by atoms with Crippen LogP contribution < -0.4 is 4.90 Å². The molecule has 3 rings (SSSR count). The van der Waals surface area contributed by atoms with Gasteiger partial charge in [-0.25, -0.2) is 4.98 Å². The smallest absolute Gasteiger partial charge is 0.205 e. The Labute approximate surface area is 102 Å². The maximum Gasteiger partial charge on any atom is 0.205 e. The van der Waals surface area contributed by atoms with Crippen molar-refractivity contribution in [3.8, 4) is 0 Å². The van der Waals surface area contributed by atoms with Crippen LogP contribution in [-0.2, 0) is 0 Å². The zero-order chi connectivity index (χ0) is 10.3. The molecule has 1 aromatic rings. The Hall–Kier alpha value is -0.160. The predicted molar refractivity (Wildman–Crippen MR) is 66.0 cm³/mol. The summed E-state index contributed by atoms with van der Waals surface area (Å²) in [5, 5.41) is 2.15. The number of alkyl halides is 1. The van der Waals surface area contributed by atoms with E-state index in [1.54, 1.807) is 11.5 Å². The molecule has 0 unspecified atom stereocenters. The summed E-state index contributed by atoms with van der Waals surface area (Å²) in [7, 11) is 0. The average molecular weight is 288 g/mol. The van der Waals surface area contributed by atoms with E-state index in [0.717, 1.165) is 28.9 Å². The van der Waals surface area contributed by atoms with E-state index in [9.17, 15) is 0 Å². The highest BCUT2D eigenvalue weighted by molar-refractivity contribution is 9.09. The van der Waals surface area contributed by atoms with Gasteiger partial charge in [-0.3, -0.25) is 0 Å². The summed E-state index contributed by atoms with van der Waals surface area (Å²) in [4.78, 5) is 7.08. The summed E-state index contributed by atoms with van der Waals surface area (Å²) < 4.78 is 4.47. The normalized spacial score (nSPS) is 20.6. The van der Waals surface area contributed by atoms with E-state index >= 15 is 0 Å². The SMILES string of the molecule is BrCCN(c1nc(C2CC2)ns1)C1CC1. The Kier molecular flexibility index (Phi) is 2.68. The number of hydrogen-bond acceptors (Lipinski definition) is 4. The van der Waals surface area contributed by atoms with Crippen molar-refractivity contribution in [3.05, 3.63) is 5.82 Å². The first-order valence-electron chi connectivity index (χ1n) is 5.54. The highest BCUT2D eigenvalue weighted by Gasteiger charge is 2.33.